The molecule has 0 aliphatic carbocycles. The molecular formula is C14H14BrClFNS. The molecule has 102 valence electrons. The van der Waals surface area contributed by atoms with Crippen molar-refractivity contribution in [3.05, 3.63) is 55.4 Å². The Hall–Kier alpha value is -0.420. The van der Waals surface area contributed by atoms with E-state index in [4.69, 9.17) is 11.6 Å². The molecular weight excluding hydrogens is 349 g/mol. The fourth-order valence-electron chi connectivity index (χ4n) is 1.91. The molecule has 1 aromatic carbocycles. The van der Waals surface area contributed by atoms with Crippen molar-refractivity contribution in [2.45, 2.75) is 19.4 Å². The number of hydrogen-bond donors (Lipinski definition) is 1. The highest BCUT2D eigenvalue weighted by atomic mass is 79.9. The van der Waals surface area contributed by atoms with Crippen molar-refractivity contribution >= 4 is 38.9 Å². The molecule has 0 saturated heterocycles. The Morgan fingerprint density at radius 3 is 2.74 bits per heavy atom. The van der Waals surface area contributed by atoms with E-state index in [9.17, 15) is 4.39 Å². The van der Waals surface area contributed by atoms with E-state index >= 15 is 0 Å². The molecule has 0 spiro atoms. The maximum absolute atomic E-state index is 14.1. The highest BCUT2D eigenvalue weighted by molar-refractivity contribution is 9.10. The van der Waals surface area contributed by atoms with Crippen LogP contribution >= 0.6 is 38.9 Å². The van der Waals surface area contributed by atoms with Crippen LogP contribution in [0.25, 0.3) is 0 Å². The van der Waals surface area contributed by atoms with Crippen molar-refractivity contribution in [3.63, 3.8) is 0 Å². The molecule has 0 fully saturated rings. The van der Waals surface area contributed by atoms with Crippen LogP contribution in [0.2, 0.25) is 5.02 Å². The molecule has 1 N–H and O–H groups in total. The van der Waals surface area contributed by atoms with Crippen molar-refractivity contribution in [1.29, 1.82) is 0 Å². The maximum atomic E-state index is 14.1. The summed E-state index contributed by atoms with van der Waals surface area (Å²) < 4.78 is 15.1. The summed E-state index contributed by atoms with van der Waals surface area (Å²) in [5.41, 5.74) is 1.68. The van der Waals surface area contributed by atoms with Crippen molar-refractivity contribution < 1.29 is 4.39 Å². The maximum Gasteiger partial charge on any atom is 0.129 e. The van der Waals surface area contributed by atoms with Gasteiger partial charge < -0.3 is 5.32 Å². The van der Waals surface area contributed by atoms with E-state index < -0.39 is 0 Å². The SMILES string of the molecule is CCCNC(c1ccc(Cl)cc1F)c1cscc1Br. The van der Waals surface area contributed by atoms with E-state index in [0.717, 1.165) is 23.0 Å². The van der Waals surface area contributed by atoms with Crippen LogP contribution in [0, 0.1) is 5.82 Å². The van der Waals surface area contributed by atoms with E-state index in [-0.39, 0.29) is 11.9 Å². The van der Waals surface area contributed by atoms with Gasteiger partial charge in [-0.1, -0.05) is 24.6 Å². The molecule has 0 saturated carbocycles. The van der Waals surface area contributed by atoms with Gasteiger partial charge in [0.2, 0.25) is 0 Å². The zero-order chi connectivity index (χ0) is 13.8. The van der Waals surface area contributed by atoms with Gasteiger partial charge in [0.05, 0.1) is 6.04 Å². The van der Waals surface area contributed by atoms with Gasteiger partial charge in [-0.3, -0.25) is 0 Å². The zero-order valence-corrected chi connectivity index (χ0v) is 13.6. The van der Waals surface area contributed by atoms with Crippen LogP contribution in [0.5, 0.6) is 0 Å². The van der Waals surface area contributed by atoms with Crippen LogP contribution in [0.1, 0.15) is 30.5 Å². The molecule has 1 nitrogen and oxygen atoms in total. The predicted octanol–water partition coefficient (Wildman–Crippen LogP) is 5.39. The largest absolute Gasteiger partial charge is 0.306 e. The van der Waals surface area contributed by atoms with Crippen LogP contribution < -0.4 is 5.32 Å². The third kappa shape index (κ3) is 3.57. The van der Waals surface area contributed by atoms with Gasteiger partial charge in [-0.2, -0.15) is 11.3 Å². The lowest BCUT2D eigenvalue weighted by molar-refractivity contribution is 0.546. The minimum atomic E-state index is -0.279. The highest BCUT2D eigenvalue weighted by Crippen LogP contribution is 2.33. The normalized spacial score (nSPS) is 12.6. The average Bonchev–Trinajstić information content (AvgIpc) is 2.78. The summed E-state index contributed by atoms with van der Waals surface area (Å²) >= 11 is 10.9. The van der Waals surface area contributed by atoms with Crippen molar-refractivity contribution in [2.75, 3.05) is 6.54 Å². The minimum Gasteiger partial charge on any atom is -0.306 e. The second-order valence-electron chi connectivity index (χ2n) is 4.23. The van der Waals surface area contributed by atoms with Crippen LogP contribution in [-0.2, 0) is 0 Å². The summed E-state index contributed by atoms with van der Waals surface area (Å²) in [5.74, 6) is -0.279. The van der Waals surface area contributed by atoms with Gasteiger partial charge in [0, 0.05) is 20.4 Å². The molecule has 19 heavy (non-hydrogen) atoms. The minimum absolute atomic E-state index is 0.155. The lowest BCUT2D eigenvalue weighted by Crippen LogP contribution is -2.24. The summed E-state index contributed by atoms with van der Waals surface area (Å²) in [4.78, 5) is 0. The predicted molar refractivity (Wildman–Crippen MR) is 83.6 cm³/mol. The van der Waals surface area contributed by atoms with Crippen molar-refractivity contribution in [2.24, 2.45) is 0 Å². The summed E-state index contributed by atoms with van der Waals surface area (Å²) in [6.45, 7) is 2.92. The number of nitrogens with one attached hydrogen (secondary N) is 1. The average molecular weight is 363 g/mol. The molecule has 0 radical (unpaired) electrons. The van der Waals surface area contributed by atoms with Crippen LogP contribution in [0.3, 0.4) is 0 Å². The van der Waals surface area contributed by atoms with E-state index in [1.54, 1.807) is 23.5 Å². The summed E-state index contributed by atoms with van der Waals surface area (Å²) in [6.07, 6.45) is 0.994. The molecule has 5 heteroatoms. The van der Waals surface area contributed by atoms with E-state index in [0.29, 0.717) is 10.6 Å². The Bertz CT molecular complexity index is 558. The molecule has 2 aromatic rings. The van der Waals surface area contributed by atoms with E-state index in [2.05, 4.69) is 28.2 Å². The van der Waals surface area contributed by atoms with Gasteiger partial charge in [0.25, 0.3) is 0 Å². The lowest BCUT2D eigenvalue weighted by Gasteiger charge is -2.19. The quantitative estimate of drug-likeness (QED) is 0.751. The molecule has 1 unspecified atom stereocenters. The molecule has 1 aromatic heterocycles. The van der Waals surface area contributed by atoms with E-state index in [1.807, 2.05) is 10.8 Å². The first-order valence-corrected chi connectivity index (χ1v) is 8.14. The van der Waals surface area contributed by atoms with Gasteiger partial charge in [-0.15, -0.1) is 0 Å². The van der Waals surface area contributed by atoms with E-state index in [1.165, 1.54) is 6.07 Å². The van der Waals surface area contributed by atoms with Gasteiger partial charge in [-0.05, 0) is 52.0 Å². The van der Waals surface area contributed by atoms with Crippen LogP contribution in [0.4, 0.5) is 4.39 Å². The Morgan fingerprint density at radius 2 is 2.16 bits per heavy atom. The Morgan fingerprint density at radius 1 is 1.37 bits per heavy atom. The molecule has 0 aliphatic rings. The number of rotatable bonds is 5. The molecule has 1 atom stereocenters. The molecule has 0 aliphatic heterocycles. The molecule has 2 rings (SSSR count). The second-order valence-corrected chi connectivity index (χ2v) is 6.26. The van der Waals surface area contributed by atoms with Crippen molar-refractivity contribution in [3.8, 4) is 0 Å². The molecule has 0 amide bonds. The van der Waals surface area contributed by atoms with Crippen LogP contribution in [0.15, 0.2) is 33.4 Å². The Balaban J connectivity index is 2.40. The summed E-state index contributed by atoms with van der Waals surface area (Å²) in [7, 11) is 0. The first-order valence-electron chi connectivity index (χ1n) is 6.03. The second kappa shape index (κ2) is 6.84. The number of halogens is 3. The fourth-order valence-corrected chi connectivity index (χ4v) is 3.62. The summed E-state index contributed by atoms with van der Waals surface area (Å²) in [5, 5.41) is 7.84. The third-order valence-electron chi connectivity index (χ3n) is 2.83. The lowest BCUT2D eigenvalue weighted by atomic mass is 10.0. The Labute approximate surface area is 129 Å². The van der Waals surface area contributed by atoms with Crippen molar-refractivity contribution in [1.82, 2.24) is 5.32 Å². The van der Waals surface area contributed by atoms with Crippen LogP contribution in [-0.4, -0.2) is 6.54 Å². The standard InChI is InChI=1S/C14H14BrClFNS/c1-2-5-18-14(11-7-19-8-12(11)15)10-4-3-9(16)6-13(10)17/h3-4,6-8,14,18H,2,5H2,1H3. The monoisotopic (exact) mass is 361 g/mol. The highest BCUT2D eigenvalue weighted by Gasteiger charge is 2.20. The van der Waals surface area contributed by atoms with Gasteiger partial charge in [0.15, 0.2) is 0 Å². The summed E-state index contributed by atoms with van der Waals surface area (Å²) in [6, 6.07) is 4.67. The number of hydrogen-bond acceptors (Lipinski definition) is 2. The van der Waals surface area contributed by atoms with Gasteiger partial charge in [-0.25, -0.2) is 4.39 Å². The third-order valence-corrected chi connectivity index (χ3v) is 4.81. The fraction of sp³-hybridized carbons (Fsp3) is 0.286. The first kappa shape index (κ1) is 15.0. The smallest absolute Gasteiger partial charge is 0.129 e. The van der Waals surface area contributed by atoms with Gasteiger partial charge >= 0.3 is 0 Å². The number of benzene rings is 1. The number of thiophene rings is 1. The zero-order valence-electron chi connectivity index (χ0n) is 10.4. The molecule has 1 heterocycles. The topological polar surface area (TPSA) is 12.0 Å². The molecule has 0 bridgehead atoms. The van der Waals surface area contributed by atoms with Gasteiger partial charge in [0.1, 0.15) is 5.82 Å². The first-order chi connectivity index (χ1) is 9.13. The Kier molecular flexibility index (Phi) is 5.39.